The summed E-state index contributed by atoms with van der Waals surface area (Å²) >= 11 is 0. The minimum atomic E-state index is -0.375. The number of benzene rings is 1. The average molecular weight is 486 g/mol. The smallest absolute Gasteiger partial charge is 0.333 e. The number of allylic oxidation sites excluding steroid dienone is 5. The number of carbonyl (C=O) groups is 2. The van der Waals surface area contributed by atoms with Crippen LogP contribution in [-0.4, -0.2) is 23.5 Å². The van der Waals surface area contributed by atoms with Crippen LogP contribution in [0.3, 0.4) is 0 Å². The minimum Gasteiger partial charge on any atom is -0.462 e. The van der Waals surface area contributed by atoms with Crippen LogP contribution in [0.15, 0.2) is 89.8 Å². The molecule has 2 aromatic rings. The molecule has 0 saturated heterocycles. The third kappa shape index (κ3) is 8.73. The van der Waals surface area contributed by atoms with E-state index in [1.807, 2.05) is 19.9 Å². The highest BCUT2D eigenvalue weighted by atomic mass is 16.5. The lowest BCUT2D eigenvalue weighted by atomic mass is 10.0. The molecule has 1 amide bonds. The normalized spacial score (nSPS) is 11.9. The number of nitriles is 1. The molecule has 36 heavy (non-hydrogen) atoms. The van der Waals surface area contributed by atoms with Crippen LogP contribution in [0.2, 0.25) is 0 Å². The lowest BCUT2D eigenvalue weighted by Gasteiger charge is -2.10. The SMILES string of the molecule is C=C(C)C(=C\C(=CC)NC(=O)c1ccc(Oc2ccc(C#N)cn2)cc1)/C=C(\C)C(=O)OCCCC. The minimum absolute atomic E-state index is 0.303. The quantitative estimate of drug-likeness (QED) is 0.177. The zero-order valence-electron chi connectivity index (χ0n) is 21.1. The van der Waals surface area contributed by atoms with E-state index in [4.69, 9.17) is 14.7 Å². The molecule has 0 unspecified atom stereocenters. The van der Waals surface area contributed by atoms with Gasteiger partial charge in [-0.15, -0.1) is 0 Å². The van der Waals surface area contributed by atoms with Crippen LogP contribution in [0.1, 0.15) is 56.5 Å². The van der Waals surface area contributed by atoms with Crippen molar-refractivity contribution in [3.05, 3.63) is 101 Å². The van der Waals surface area contributed by atoms with Crippen molar-refractivity contribution < 1.29 is 19.1 Å². The Morgan fingerprint density at radius 1 is 1.14 bits per heavy atom. The van der Waals surface area contributed by atoms with Crippen molar-refractivity contribution >= 4 is 11.9 Å². The fourth-order valence-electron chi connectivity index (χ4n) is 2.87. The number of nitrogens with zero attached hydrogens (tertiary/aromatic N) is 2. The van der Waals surface area contributed by atoms with Gasteiger partial charge in [0.15, 0.2) is 0 Å². The van der Waals surface area contributed by atoms with E-state index >= 15 is 0 Å². The molecule has 0 aliphatic carbocycles. The molecule has 186 valence electrons. The van der Waals surface area contributed by atoms with E-state index in [0.29, 0.717) is 46.2 Å². The molecule has 0 bridgehead atoms. The molecule has 7 nitrogen and oxygen atoms in total. The molecule has 0 saturated carbocycles. The van der Waals surface area contributed by atoms with Crippen LogP contribution in [0.25, 0.3) is 0 Å². The number of ether oxygens (including phenoxy) is 2. The van der Waals surface area contributed by atoms with Gasteiger partial charge in [-0.25, -0.2) is 9.78 Å². The number of pyridine rings is 1. The maximum absolute atomic E-state index is 12.8. The van der Waals surface area contributed by atoms with Gasteiger partial charge in [0.25, 0.3) is 5.91 Å². The van der Waals surface area contributed by atoms with Crippen molar-refractivity contribution in [2.45, 2.75) is 40.5 Å². The number of aromatic nitrogens is 1. The van der Waals surface area contributed by atoms with Crippen LogP contribution in [-0.2, 0) is 9.53 Å². The van der Waals surface area contributed by atoms with Gasteiger partial charge in [-0.05, 0) is 75.2 Å². The first-order chi connectivity index (χ1) is 17.3. The highest BCUT2D eigenvalue weighted by Gasteiger charge is 2.10. The van der Waals surface area contributed by atoms with Crippen molar-refractivity contribution in [1.82, 2.24) is 10.3 Å². The third-order valence-electron chi connectivity index (χ3n) is 5.00. The molecule has 0 spiro atoms. The Bertz CT molecular complexity index is 1210. The Morgan fingerprint density at radius 2 is 1.86 bits per heavy atom. The Labute approximate surface area is 212 Å². The number of rotatable bonds is 11. The largest absolute Gasteiger partial charge is 0.462 e. The third-order valence-corrected chi connectivity index (χ3v) is 5.00. The topological polar surface area (TPSA) is 101 Å². The highest BCUT2D eigenvalue weighted by Crippen LogP contribution is 2.20. The molecule has 0 atom stereocenters. The van der Waals surface area contributed by atoms with Crippen molar-refractivity contribution in [2.24, 2.45) is 0 Å². The molecule has 1 N–H and O–H groups in total. The number of unbranched alkanes of at least 4 members (excludes halogenated alkanes) is 1. The summed E-state index contributed by atoms with van der Waals surface area (Å²) in [6.45, 7) is 11.7. The van der Waals surface area contributed by atoms with E-state index in [2.05, 4.69) is 16.9 Å². The van der Waals surface area contributed by atoms with E-state index in [0.717, 1.165) is 18.4 Å². The monoisotopic (exact) mass is 485 g/mol. The van der Waals surface area contributed by atoms with Gasteiger partial charge in [0.05, 0.1) is 12.2 Å². The summed E-state index contributed by atoms with van der Waals surface area (Å²) in [6.07, 6.45) is 8.41. The van der Waals surface area contributed by atoms with Crippen LogP contribution in [0.5, 0.6) is 11.6 Å². The Kier molecular flexibility index (Phi) is 10.9. The summed E-state index contributed by atoms with van der Waals surface area (Å²) in [6, 6.07) is 11.8. The van der Waals surface area contributed by atoms with Gasteiger partial charge in [0.1, 0.15) is 11.8 Å². The fourth-order valence-corrected chi connectivity index (χ4v) is 2.87. The predicted octanol–water partition coefficient (Wildman–Crippen LogP) is 6.17. The summed E-state index contributed by atoms with van der Waals surface area (Å²) in [7, 11) is 0. The van der Waals surface area contributed by atoms with Crippen molar-refractivity contribution in [3.8, 4) is 17.7 Å². The number of hydrogen-bond donors (Lipinski definition) is 1. The molecular formula is C29H31N3O4. The first-order valence-corrected chi connectivity index (χ1v) is 11.6. The van der Waals surface area contributed by atoms with Crippen molar-refractivity contribution in [2.75, 3.05) is 6.61 Å². The molecule has 0 radical (unpaired) electrons. The lowest BCUT2D eigenvalue weighted by Crippen LogP contribution is -2.22. The van der Waals surface area contributed by atoms with Crippen LogP contribution in [0, 0.1) is 11.3 Å². The molecule has 2 rings (SSSR count). The first kappa shape index (κ1) is 27.8. The number of nitrogens with one attached hydrogen (secondary N) is 1. The van der Waals surface area contributed by atoms with E-state index in [-0.39, 0.29) is 11.9 Å². The summed E-state index contributed by atoms with van der Waals surface area (Å²) in [5, 5.41) is 11.7. The summed E-state index contributed by atoms with van der Waals surface area (Å²) in [5.74, 6) is 0.173. The molecule has 0 fully saturated rings. The summed E-state index contributed by atoms with van der Waals surface area (Å²) in [5.41, 5.74) is 3.33. The van der Waals surface area contributed by atoms with Gasteiger partial charge >= 0.3 is 5.97 Å². The van der Waals surface area contributed by atoms with E-state index in [1.54, 1.807) is 68.5 Å². The zero-order chi connectivity index (χ0) is 26.5. The van der Waals surface area contributed by atoms with Crippen LogP contribution in [0.4, 0.5) is 0 Å². The second-order valence-corrected chi connectivity index (χ2v) is 8.02. The van der Waals surface area contributed by atoms with Gasteiger partial charge in [0.2, 0.25) is 5.88 Å². The molecular weight excluding hydrogens is 454 g/mol. The Hall–Kier alpha value is -4.44. The molecule has 0 aliphatic heterocycles. The maximum atomic E-state index is 12.8. The van der Waals surface area contributed by atoms with Crippen molar-refractivity contribution in [1.29, 1.82) is 5.26 Å². The van der Waals surface area contributed by atoms with Gasteiger partial charge in [-0.3, -0.25) is 4.79 Å². The molecule has 7 heteroatoms. The number of carbonyl (C=O) groups excluding carboxylic acids is 2. The van der Waals surface area contributed by atoms with Crippen LogP contribution < -0.4 is 10.1 Å². The average Bonchev–Trinajstić information content (AvgIpc) is 2.88. The highest BCUT2D eigenvalue weighted by molar-refractivity contribution is 5.95. The van der Waals surface area contributed by atoms with Crippen molar-refractivity contribution in [3.63, 3.8) is 0 Å². The number of hydrogen-bond acceptors (Lipinski definition) is 6. The zero-order valence-corrected chi connectivity index (χ0v) is 21.1. The van der Waals surface area contributed by atoms with E-state index < -0.39 is 0 Å². The Morgan fingerprint density at radius 3 is 2.42 bits per heavy atom. The second-order valence-electron chi connectivity index (χ2n) is 8.02. The standard InChI is InChI=1S/C29H31N3O4/c1-6-8-15-35-29(34)21(5)16-24(20(3)4)17-25(7-2)32-28(33)23-10-12-26(13-11-23)36-27-14-9-22(18-30)19-31-27/h7,9-14,16-17,19H,3,6,8,15H2,1-2,4-5H3,(H,32,33)/b21-16+,24-17-,25-7?. The lowest BCUT2D eigenvalue weighted by molar-refractivity contribution is -0.139. The summed E-state index contributed by atoms with van der Waals surface area (Å²) < 4.78 is 10.9. The number of amides is 1. The molecule has 0 aliphatic rings. The maximum Gasteiger partial charge on any atom is 0.333 e. The van der Waals surface area contributed by atoms with Gasteiger partial charge in [-0.1, -0.05) is 31.6 Å². The first-order valence-electron chi connectivity index (χ1n) is 11.6. The summed E-state index contributed by atoms with van der Waals surface area (Å²) in [4.78, 5) is 29.1. The van der Waals surface area contributed by atoms with E-state index in [1.165, 1.54) is 6.20 Å². The molecule has 1 aromatic heterocycles. The second kappa shape index (κ2) is 14.1. The van der Waals surface area contributed by atoms with Gasteiger partial charge in [0, 0.05) is 29.1 Å². The van der Waals surface area contributed by atoms with Gasteiger partial charge in [-0.2, -0.15) is 5.26 Å². The van der Waals surface area contributed by atoms with E-state index in [9.17, 15) is 9.59 Å². The van der Waals surface area contributed by atoms with Gasteiger partial charge < -0.3 is 14.8 Å². The fraction of sp³-hybridized carbons (Fsp3) is 0.241. The molecule has 1 heterocycles. The predicted molar refractivity (Wildman–Crippen MR) is 139 cm³/mol. The molecule has 1 aromatic carbocycles. The Balaban J connectivity index is 2.09. The van der Waals surface area contributed by atoms with Crippen LogP contribution >= 0.6 is 0 Å². The number of esters is 1.